The third kappa shape index (κ3) is 4.41. The van der Waals surface area contributed by atoms with E-state index in [1.807, 2.05) is 66.5 Å². The van der Waals surface area contributed by atoms with E-state index in [4.69, 9.17) is 0 Å². The summed E-state index contributed by atoms with van der Waals surface area (Å²) in [5, 5.41) is 0. The summed E-state index contributed by atoms with van der Waals surface area (Å²) in [6, 6.07) is 12.1. The Hall–Kier alpha value is -2.40. The van der Waals surface area contributed by atoms with Crippen LogP contribution in [0.25, 0.3) is 0 Å². The molecule has 3 rings (SSSR count). The van der Waals surface area contributed by atoms with Crippen LogP contribution in [-0.2, 0) is 6.54 Å². The van der Waals surface area contributed by atoms with Gasteiger partial charge in [0.25, 0.3) is 5.91 Å². The highest BCUT2D eigenvalue weighted by Crippen LogP contribution is 2.22. The Bertz CT molecular complexity index is 724. The first-order chi connectivity index (χ1) is 12.5. The topological polar surface area (TPSA) is 39.7 Å². The second-order valence-corrected chi connectivity index (χ2v) is 7.27. The SMILES string of the molecule is CN1CCC(N(Cc2cccnc2)C(=O)c2cccc(N(C)C)c2)CC1. The first kappa shape index (κ1) is 18.4. The van der Waals surface area contributed by atoms with Crippen molar-refractivity contribution >= 4 is 11.6 Å². The average Bonchev–Trinajstić information content (AvgIpc) is 2.67. The predicted molar refractivity (Wildman–Crippen MR) is 105 cm³/mol. The maximum absolute atomic E-state index is 13.4. The molecule has 0 aliphatic carbocycles. The molecule has 0 atom stereocenters. The van der Waals surface area contributed by atoms with E-state index in [9.17, 15) is 4.79 Å². The van der Waals surface area contributed by atoms with Gasteiger partial charge in [0.1, 0.15) is 0 Å². The quantitative estimate of drug-likeness (QED) is 0.830. The number of benzene rings is 1. The molecule has 5 nitrogen and oxygen atoms in total. The van der Waals surface area contributed by atoms with Gasteiger partial charge in [-0.05, 0) is 62.8 Å². The number of nitrogens with zero attached hydrogens (tertiary/aromatic N) is 4. The highest BCUT2D eigenvalue weighted by Gasteiger charge is 2.28. The molecule has 26 heavy (non-hydrogen) atoms. The van der Waals surface area contributed by atoms with Gasteiger partial charge in [-0.2, -0.15) is 0 Å². The van der Waals surface area contributed by atoms with Crippen molar-refractivity contribution in [3.63, 3.8) is 0 Å². The minimum atomic E-state index is 0.104. The van der Waals surface area contributed by atoms with Gasteiger partial charge in [0.15, 0.2) is 0 Å². The maximum atomic E-state index is 13.4. The molecule has 138 valence electrons. The van der Waals surface area contributed by atoms with Crippen molar-refractivity contribution < 1.29 is 4.79 Å². The van der Waals surface area contributed by atoms with Gasteiger partial charge in [-0.3, -0.25) is 9.78 Å². The molecule has 1 saturated heterocycles. The van der Waals surface area contributed by atoms with E-state index in [2.05, 4.69) is 16.9 Å². The van der Waals surface area contributed by atoms with Crippen molar-refractivity contribution in [1.82, 2.24) is 14.8 Å². The fourth-order valence-corrected chi connectivity index (χ4v) is 3.44. The number of amides is 1. The van der Waals surface area contributed by atoms with Crippen molar-refractivity contribution in [2.75, 3.05) is 39.1 Å². The van der Waals surface area contributed by atoms with Crippen LogP contribution in [0.2, 0.25) is 0 Å². The third-order valence-corrected chi connectivity index (χ3v) is 5.07. The van der Waals surface area contributed by atoms with E-state index in [1.165, 1.54) is 0 Å². The Morgan fingerprint density at radius 3 is 2.62 bits per heavy atom. The summed E-state index contributed by atoms with van der Waals surface area (Å²) in [5.74, 6) is 0.104. The van der Waals surface area contributed by atoms with Crippen molar-refractivity contribution in [2.45, 2.75) is 25.4 Å². The summed E-state index contributed by atoms with van der Waals surface area (Å²) in [7, 11) is 6.13. The normalized spacial score (nSPS) is 15.7. The van der Waals surface area contributed by atoms with Gasteiger partial charge >= 0.3 is 0 Å². The number of piperidine rings is 1. The van der Waals surface area contributed by atoms with E-state index in [-0.39, 0.29) is 11.9 Å². The summed E-state index contributed by atoms with van der Waals surface area (Å²) in [6.45, 7) is 2.66. The predicted octanol–water partition coefficient (Wildman–Crippen LogP) is 2.88. The molecule has 1 aliphatic heterocycles. The van der Waals surface area contributed by atoms with E-state index in [0.717, 1.165) is 42.7 Å². The lowest BCUT2D eigenvalue weighted by Crippen LogP contribution is -2.46. The fraction of sp³-hybridized carbons (Fsp3) is 0.429. The van der Waals surface area contributed by atoms with Gasteiger partial charge in [0.05, 0.1) is 0 Å². The molecule has 0 radical (unpaired) electrons. The lowest BCUT2D eigenvalue weighted by Gasteiger charge is -2.37. The number of aromatic nitrogens is 1. The van der Waals surface area contributed by atoms with Gasteiger partial charge in [-0.1, -0.05) is 12.1 Å². The number of carbonyl (C=O) groups excluding carboxylic acids is 1. The minimum absolute atomic E-state index is 0.104. The fourth-order valence-electron chi connectivity index (χ4n) is 3.44. The standard InChI is InChI=1S/C21H28N4O/c1-23(2)20-8-4-7-18(14-20)21(26)25(16-17-6-5-11-22-15-17)19-9-12-24(3)13-10-19/h4-8,11,14-15,19H,9-10,12-13,16H2,1-3H3. The van der Waals surface area contributed by atoms with Crippen molar-refractivity contribution in [1.29, 1.82) is 0 Å². The second-order valence-electron chi connectivity index (χ2n) is 7.27. The highest BCUT2D eigenvalue weighted by atomic mass is 16.2. The molecular formula is C21H28N4O. The summed E-state index contributed by atoms with van der Waals surface area (Å²) < 4.78 is 0. The van der Waals surface area contributed by atoms with Crippen LogP contribution in [0.5, 0.6) is 0 Å². The molecular weight excluding hydrogens is 324 g/mol. The van der Waals surface area contributed by atoms with E-state index < -0.39 is 0 Å². The maximum Gasteiger partial charge on any atom is 0.254 e. The Morgan fingerprint density at radius 2 is 1.96 bits per heavy atom. The number of hydrogen-bond acceptors (Lipinski definition) is 4. The monoisotopic (exact) mass is 352 g/mol. The number of rotatable bonds is 5. The molecule has 1 fully saturated rings. The zero-order valence-electron chi connectivity index (χ0n) is 15.9. The molecule has 0 saturated carbocycles. The number of pyridine rings is 1. The molecule has 1 aromatic carbocycles. The van der Waals surface area contributed by atoms with Crippen LogP contribution < -0.4 is 4.90 Å². The van der Waals surface area contributed by atoms with Crippen LogP contribution >= 0.6 is 0 Å². The summed E-state index contributed by atoms with van der Waals surface area (Å²) in [4.78, 5) is 24.0. The lowest BCUT2D eigenvalue weighted by atomic mass is 10.0. The molecule has 0 spiro atoms. The van der Waals surface area contributed by atoms with E-state index in [1.54, 1.807) is 6.20 Å². The zero-order valence-corrected chi connectivity index (χ0v) is 15.9. The van der Waals surface area contributed by atoms with Gasteiger partial charge in [-0.25, -0.2) is 0 Å². The first-order valence-corrected chi connectivity index (χ1v) is 9.20. The van der Waals surface area contributed by atoms with E-state index >= 15 is 0 Å². The van der Waals surface area contributed by atoms with E-state index in [0.29, 0.717) is 6.54 Å². The average molecular weight is 352 g/mol. The van der Waals surface area contributed by atoms with Crippen molar-refractivity contribution in [2.24, 2.45) is 0 Å². The first-order valence-electron chi connectivity index (χ1n) is 9.20. The van der Waals surface area contributed by atoms with Crippen LogP contribution in [0.1, 0.15) is 28.8 Å². The minimum Gasteiger partial charge on any atom is -0.378 e. The molecule has 1 aliphatic rings. The number of likely N-dealkylation sites (tertiary alicyclic amines) is 1. The zero-order chi connectivity index (χ0) is 18.5. The van der Waals surface area contributed by atoms with Crippen molar-refractivity contribution in [3.05, 3.63) is 59.9 Å². The van der Waals surface area contributed by atoms with Gasteiger partial charge < -0.3 is 14.7 Å². The third-order valence-electron chi connectivity index (χ3n) is 5.07. The number of hydrogen-bond donors (Lipinski definition) is 0. The molecule has 1 aromatic heterocycles. The molecule has 2 aromatic rings. The molecule has 0 unspecified atom stereocenters. The molecule has 2 heterocycles. The van der Waals surface area contributed by atoms with Crippen LogP contribution in [0, 0.1) is 0 Å². The molecule has 0 bridgehead atoms. The Kier molecular flexibility index (Phi) is 5.89. The molecule has 1 amide bonds. The Balaban J connectivity index is 1.86. The van der Waals surface area contributed by atoms with Gasteiger partial charge in [-0.15, -0.1) is 0 Å². The van der Waals surface area contributed by atoms with Crippen LogP contribution in [0.15, 0.2) is 48.8 Å². The van der Waals surface area contributed by atoms with Crippen LogP contribution in [0.3, 0.4) is 0 Å². The summed E-state index contributed by atoms with van der Waals surface area (Å²) in [6.07, 6.45) is 5.64. The van der Waals surface area contributed by atoms with Gasteiger partial charge in [0, 0.05) is 50.3 Å². The Labute approximate surface area is 156 Å². The summed E-state index contributed by atoms with van der Waals surface area (Å²) >= 11 is 0. The largest absolute Gasteiger partial charge is 0.378 e. The molecule has 5 heteroatoms. The van der Waals surface area contributed by atoms with Crippen molar-refractivity contribution in [3.8, 4) is 0 Å². The number of carbonyl (C=O) groups is 1. The lowest BCUT2D eigenvalue weighted by molar-refractivity contribution is 0.0569. The Morgan fingerprint density at radius 1 is 1.19 bits per heavy atom. The number of anilines is 1. The molecule has 0 N–H and O–H groups in total. The van der Waals surface area contributed by atoms with Crippen LogP contribution in [0.4, 0.5) is 5.69 Å². The summed E-state index contributed by atoms with van der Waals surface area (Å²) in [5.41, 5.74) is 2.86. The highest BCUT2D eigenvalue weighted by molar-refractivity contribution is 5.95. The smallest absolute Gasteiger partial charge is 0.254 e. The van der Waals surface area contributed by atoms with Gasteiger partial charge in [0.2, 0.25) is 0 Å². The second kappa shape index (κ2) is 8.32. The van der Waals surface area contributed by atoms with Crippen LogP contribution in [-0.4, -0.2) is 61.0 Å².